The number of carbonyl (C=O) groups excluding carboxylic acids is 3. The van der Waals surface area contributed by atoms with Crippen molar-refractivity contribution in [1.29, 1.82) is 0 Å². The van der Waals surface area contributed by atoms with E-state index in [0.717, 1.165) is 0 Å². The Morgan fingerprint density at radius 3 is 2.52 bits per heavy atom. The maximum Gasteiger partial charge on any atom is 0.319 e. The molecule has 2 N–H and O–H groups in total. The molecular weight excluding hydrogens is 367 g/mol. The molecule has 126 valence electrons. The summed E-state index contributed by atoms with van der Waals surface area (Å²) in [5.74, 6) is -0.854. The molecule has 1 atom stereocenters. The van der Waals surface area contributed by atoms with Crippen molar-refractivity contribution in [3.63, 3.8) is 0 Å². The highest BCUT2D eigenvalue weighted by atomic mass is 79.9. The Morgan fingerprint density at radius 1 is 1.26 bits per heavy atom. The Balaban J connectivity index is 2.66. The van der Waals surface area contributed by atoms with Gasteiger partial charge in [0.15, 0.2) is 5.78 Å². The van der Waals surface area contributed by atoms with Gasteiger partial charge in [0.1, 0.15) is 11.6 Å². The van der Waals surface area contributed by atoms with E-state index in [1.165, 1.54) is 19.1 Å². The molecule has 0 radical (unpaired) electrons. The Bertz CT molecular complexity index is 593. The van der Waals surface area contributed by atoms with Gasteiger partial charge in [0, 0.05) is 17.3 Å². The van der Waals surface area contributed by atoms with E-state index in [4.69, 9.17) is 0 Å². The molecule has 1 rings (SSSR count). The SMILES string of the molecule is CCC[C@H](NC(=O)Nc1ccc(Br)cc1F)C(=O)CCC(C)=O. The first-order valence-electron chi connectivity index (χ1n) is 7.38. The zero-order chi connectivity index (χ0) is 17.4. The second kappa shape index (κ2) is 9.39. The minimum atomic E-state index is -0.683. The Hall–Kier alpha value is -1.76. The summed E-state index contributed by atoms with van der Waals surface area (Å²) in [6.07, 6.45) is 1.41. The van der Waals surface area contributed by atoms with Gasteiger partial charge in [-0.2, -0.15) is 0 Å². The van der Waals surface area contributed by atoms with Crippen LogP contribution >= 0.6 is 15.9 Å². The van der Waals surface area contributed by atoms with Crippen LogP contribution in [0.15, 0.2) is 22.7 Å². The summed E-state index contributed by atoms with van der Waals surface area (Å²) in [6.45, 7) is 3.30. The van der Waals surface area contributed by atoms with Crippen molar-refractivity contribution >= 4 is 39.2 Å². The molecular formula is C16H20BrFN2O3. The number of benzene rings is 1. The minimum absolute atomic E-state index is 0.0251. The van der Waals surface area contributed by atoms with Crippen LogP contribution in [0.3, 0.4) is 0 Å². The number of nitrogens with one attached hydrogen (secondary N) is 2. The van der Waals surface area contributed by atoms with Crippen molar-refractivity contribution in [2.75, 3.05) is 5.32 Å². The van der Waals surface area contributed by atoms with Gasteiger partial charge in [0.25, 0.3) is 0 Å². The van der Waals surface area contributed by atoms with E-state index >= 15 is 0 Å². The minimum Gasteiger partial charge on any atom is -0.328 e. The zero-order valence-corrected chi connectivity index (χ0v) is 14.7. The van der Waals surface area contributed by atoms with E-state index < -0.39 is 17.9 Å². The molecule has 0 aliphatic rings. The fourth-order valence-corrected chi connectivity index (χ4v) is 2.32. The highest BCUT2D eigenvalue weighted by molar-refractivity contribution is 9.10. The van der Waals surface area contributed by atoms with Gasteiger partial charge in [-0.1, -0.05) is 29.3 Å². The van der Waals surface area contributed by atoms with Gasteiger partial charge >= 0.3 is 6.03 Å². The summed E-state index contributed by atoms with van der Waals surface area (Å²) in [5.41, 5.74) is 0.0251. The van der Waals surface area contributed by atoms with Crippen LogP contribution in [-0.4, -0.2) is 23.6 Å². The number of rotatable bonds is 8. The maximum absolute atomic E-state index is 13.7. The van der Waals surface area contributed by atoms with Crippen LogP contribution in [0.2, 0.25) is 0 Å². The van der Waals surface area contributed by atoms with Gasteiger partial charge < -0.3 is 15.4 Å². The zero-order valence-electron chi connectivity index (χ0n) is 13.1. The average Bonchev–Trinajstić information content (AvgIpc) is 2.47. The van der Waals surface area contributed by atoms with Gasteiger partial charge in [0.05, 0.1) is 11.7 Å². The number of amides is 2. The van der Waals surface area contributed by atoms with Gasteiger partial charge in [-0.05, 0) is 31.5 Å². The van der Waals surface area contributed by atoms with Crippen LogP contribution in [0.5, 0.6) is 0 Å². The highest BCUT2D eigenvalue weighted by Gasteiger charge is 2.20. The molecule has 7 heteroatoms. The van der Waals surface area contributed by atoms with Crippen LogP contribution in [0.25, 0.3) is 0 Å². The molecule has 1 aromatic rings. The third kappa shape index (κ3) is 6.90. The lowest BCUT2D eigenvalue weighted by Gasteiger charge is -2.17. The molecule has 0 fully saturated rings. The predicted octanol–water partition coefficient (Wildman–Crippen LogP) is 3.82. The number of ketones is 2. The number of urea groups is 1. The van der Waals surface area contributed by atoms with Crippen LogP contribution in [-0.2, 0) is 9.59 Å². The maximum atomic E-state index is 13.7. The molecule has 0 spiro atoms. The van der Waals surface area contributed by atoms with Crippen molar-refractivity contribution in [3.8, 4) is 0 Å². The standard InChI is InChI=1S/C16H20BrFN2O3/c1-3-4-14(15(22)8-5-10(2)21)20-16(23)19-13-7-6-11(17)9-12(13)18/h6-7,9,14H,3-5,8H2,1-2H3,(H2,19,20,23)/t14-/m0/s1. The van der Waals surface area contributed by atoms with Crippen molar-refractivity contribution in [2.24, 2.45) is 0 Å². The second-order valence-electron chi connectivity index (χ2n) is 5.23. The lowest BCUT2D eigenvalue weighted by Crippen LogP contribution is -2.43. The third-order valence-electron chi connectivity index (χ3n) is 3.17. The molecule has 0 aliphatic heterocycles. The highest BCUT2D eigenvalue weighted by Crippen LogP contribution is 2.19. The second-order valence-corrected chi connectivity index (χ2v) is 6.15. The van der Waals surface area contributed by atoms with Crippen molar-refractivity contribution in [2.45, 2.75) is 45.6 Å². The number of hydrogen-bond acceptors (Lipinski definition) is 3. The van der Waals surface area contributed by atoms with Crippen molar-refractivity contribution < 1.29 is 18.8 Å². The monoisotopic (exact) mass is 386 g/mol. The smallest absolute Gasteiger partial charge is 0.319 e. The van der Waals surface area contributed by atoms with E-state index in [0.29, 0.717) is 17.3 Å². The first-order chi connectivity index (χ1) is 10.8. The van der Waals surface area contributed by atoms with E-state index in [1.54, 1.807) is 6.07 Å². The molecule has 0 bridgehead atoms. The summed E-state index contributed by atoms with van der Waals surface area (Å²) in [6, 6.07) is 2.92. The molecule has 5 nitrogen and oxygen atoms in total. The van der Waals surface area contributed by atoms with Gasteiger partial charge in [-0.3, -0.25) is 4.79 Å². The van der Waals surface area contributed by atoms with Crippen LogP contribution in [0.4, 0.5) is 14.9 Å². The molecule has 0 saturated heterocycles. The van der Waals surface area contributed by atoms with E-state index in [1.807, 2.05) is 6.92 Å². The van der Waals surface area contributed by atoms with Crippen LogP contribution in [0.1, 0.15) is 39.5 Å². The van der Waals surface area contributed by atoms with Gasteiger partial charge in [-0.15, -0.1) is 0 Å². The molecule has 0 aliphatic carbocycles. The van der Waals surface area contributed by atoms with Crippen molar-refractivity contribution in [1.82, 2.24) is 5.32 Å². The molecule has 2 amide bonds. The van der Waals surface area contributed by atoms with E-state index in [9.17, 15) is 18.8 Å². The molecule has 0 saturated carbocycles. The molecule has 0 aromatic heterocycles. The fourth-order valence-electron chi connectivity index (χ4n) is 1.98. The summed E-state index contributed by atoms with van der Waals surface area (Å²) in [4.78, 5) is 35.0. The summed E-state index contributed by atoms with van der Waals surface area (Å²) in [5, 5.41) is 4.92. The molecule has 23 heavy (non-hydrogen) atoms. The summed E-state index contributed by atoms with van der Waals surface area (Å²) < 4.78 is 14.2. The normalized spacial score (nSPS) is 11.7. The number of halogens is 2. The van der Waals surface area contributed by atoms with Crippen molar-refractivity contribution in [3.05, 3.63) is 28.5 Å². The fraction of sp³-hybridized carbons (Fsp3) is 0.438. The summed E-state index contributed by atoms with van der Waals surface area (Å²) in [7, 11) is 0. The number of hydrogen-bond donors (Lipinski definition) is 2. The van der Waals surface area contributed by atoms with E-state index in [-0.39, 0.29) is 30.1 Å². The van der Waals surface area contributed by atoms with Crippen LogP contribution in [0, 0.1) is 5.82 Å². The molecule has 0 heterocycles. The van der Waals surface area contributed by atoms with Gasteiger partial charge in [0.2, 0.25) is 0 Å². The lowest BCUT2D eigenvalue weighted by molar-refractivity contribution is -0.124. The Labute approximate surface area is 143 Å². The first kappa shape index (κ1) is 19.3. The number of anilines is 1. The third-order valence-corrected chi connectivity index (χ3v) is 3.67. The van der Waals surface area contributed by atoms with Crippen LogP contribution < -0.4 is 10.6 Å². The number of carbonyl (C=O) groups is 3. The molecule has 1 aromatic carbocycles. The predicted molar refractivity (Wildman–Crippen MR) is 89.9 cm³/mol. The molecule has 0 unspecified atom stereocenters. The Kier molecular flexibility index (Phi) is 7.88. The topological polar surface area (TPSA) is 75.3 Å². The largest absolute Gasteiger partial charge is 0.328 e. The summed E-state index contributed by atoms with van der Waals surface area (Å²) >= 11 is 3.13. The van der Waals surface area contributed by atoms with E-state index in [2.05, 4.69) is 26.6 Å². The quantitative estimate of drug-likeness (QED) is 0.712. The lowest BCUT2D eigenvalue weighted by atomic mass is 10.0. The first-order valence-corrected chi connectivity index (χ1v) is 8.17. The van der Waals surface area contributed by atoms with Gasteiger partial charge in [-0.25, -0.2) is 9.18 Å². The Morgan fingerprint density at radius 2 is 1.96 bits per heavy atom. The number of Topliss-reactive ketones (excluding diaryl/α,β-unsaturated/α-hetero) is 2. The average molecular weight is 387 g/mol.